The Morgan fingerprint density at radius 2 is 1.81 bits per heavy atom. The maximum absolute atomic E-state index is 11.2. The van der Waals surface area contributed by atoms with Gasteiger partial charge in [-0.3, -0.25) is 4.90 Å². The molecular formula is C14H23N3O3S. The summed E-state index contributed by atoms with van der Waals surface area (Å²) >= 11 is 0. The van der Waals surface area contributed by atoms with E-state index in [4.69, 9.17) is 9.88 Å². The van der Waals surface area contributed by atoms with Crippen molar-refractivity contribution in [3.8, 4) is 5.75 Å². The number of hydrogen-bond donors (Lipinski definition) is 2. The Kier molecular flexibility index (Phi) is 5.21. The van der Waals surface area contributed by atoms with Gasteiger partial charge in [0.1, 0.15) is 12.4 Å². The summed E-state index contributed by atoms with van der Waals surface area (Å²) in [5.41, 5.74) is 0. The molecule has 0 saturated carbocycles. The summed E-state index contributed by atoms with van der Waals surface area (Å²) in [7, 11) is -3.64. The molecule has 1 saturated heterocycles. The molecule has 2 unspecified atom stereocenters. The predicted octanol–water partition coefficient (Wildman–Crippen LogP) is 0.395. The third-order valence-electron chi connectivity index (χ3n) is 3.46. The van der Waals surface area contributed by atoms with Gasteiger partial charge in [0.25, 0.3) is 0 Å². The van der Waals surface area contributed by atoms with E-state index in [2.05, 4.69) is 24.1 Å². The second-order valence-electron chi connectivity index (χ2n) is 5.59. The number of primary sulfonamides is 1. The van der Waals surface area contributed by atoms with Crippen molar-refractivity contribution < 1.29 is 13.2 Å². The third-order valence-corrected chi connectivity index (χ3v) is 4.39. The van der Waals surface area contributed by atoms with E-state index in [0.29, 0.717) is 24.4 Å². The molecule has 1 aliphatic heterocycles. The smallest absolute Gasteiger partial charge is 0.238 e. The van der Waals surface area contributed by atoms with Gasteiger partial charge < -0.3 is 10.1 Å². The standard InChI is InChI=1S/C14H23N3O3S/c1-11-9-17(10-12(2)16-11)7-8-20-13-3-5-14(6-4-13)21(15,18)19/h3-6,11-12,16H,7-10H2,1-2H3,(H2,15,18,19). The fourth-order valence-corrected chi connectivity index (χ4v) is 3.16. The molecule has 118 valence electrons. The molecule has 1 fully saturated rings. The Labute approximate surface area is 126 Å². The lowest BCUT2D eigenvalue weighted by Gasteiger charge is -2.35. The lowest BCUT2D eigenvalue weighted by Crippen LogP contribution is -2.54. The summed E-state index contributed by atoms with van der Waals surface area (Å²) < 4.78 is 28.0. The molecule has 21 heavy (non-hydrogen) atoms. The fraction of sp³-hybridized carbons (Fsp3) is 0.571. The van der Waals surface area contributed by atoms with Gasteiger partial charge >= 0.3 is 0 Å². The zero-order chi connectivity index (χ0) is 15.5. The second-order valence-corrected chi connectivity index (χ2v) is 7.15. The minimum Gasteiger partial charge on any atom is -0.492 e. The summed E-state index contributed by atoms with van der Waals surface area (Å²) in [6.07, 6.45) is 0. The minimum absolute atomic E-state index is 0.0969. The fourth-order valence-electron chi connectivity index (χ4n) is 2.64. The SMILES string of the molecule is CC1CN(CCOc2ccc(S(N)(=O)=O)cc2)CC(C)N1. The van der Waals surface area contributed by atoms with Crippen molar-refractivity contribution >= 4 is 10.0 Å². The molecule has 6 nitrogen and oxygen atoms in total. The van der Waals surface area contributed by atoms with Crippen LogP contribution in [0.15, 0.2) is 29.2 Å². The van der Waals surface area contributed by atoms with Crippen LogP contribution < -0.4 is 15.2 Å². The molecule has 7 heteroatoms. The zero-order valence-electron chi connectivity index (χ0n) is 12.5. The van der Waals surface area contributed by atoms with Crippen LogP contribution in [0, 0.1) is 0 Å². The van der Waals surface area contributed by atoms with Gasteiger partial charge in [-0.25, -0.2) is 13.6 Å². The molecular weight excluding hydrogens is 290 g/mol. The summed E-state index contributed by atoms with van der Waals surface area (Å²) in [5.74, 6) is 0.652. The molecule has 2 atom stereocenters. The van der Waals surface area contributed by atoms with Crippen molar-refractivity contribution in [2.75, 3.05) is 26.2 Å². The first-order valence-electron chi connectivity index (χ1n) is 7.08. The van der Waals surface area contributed by atoms with Gasteiger partial charge in [-0.05, 0) is 38.1 Å². The summed E-state index contributed by atoms with van der Waals surface area (Å²) in [5, 5.41) is 8.54. The van der Waals surface area contributed by atoms with Crippen LogP contribution in [-0.2, 0) is 10.0 Å². The van der Waals surface area contributed by atoms with Gasteiger partial charge in [0.2, 0.25) is 10.0 Å². The molecule has 3 N–H and O–H groups in total. The maximum atomic E-state index is 11.2. The van der Waals surface area contributed by atoms with Crippen LogP contribution in [0.2, 0.25) is 0 Å². The summed E-state index contributed by atoms with van der Waals surface area (Å²) in [6.45, 7) is 7.81. The van der Waals surface area contributed by atoms with Crippen molar-refractivity contribution in [3.05, 3.63) is 24.3 Å². The van der Waals surface area contributed by atoms with Crippen LogP contribution in [-0.4, -0.2) is 51.6 Å². The number of piperazine rings is 1. The first-order chi connectivity index (χ1) is 9.84. The van der Waals surface area contributed by atoms with Gasteiger partial charge in [-0.2, -0.15) is 0 Å². The topological polar surface area (TPSA) is 84.7 Å². The predicted molar refractivity (Wildman–Crippen MR) is 81.8 cm³/mol. The van der Waals surface area contributed by atoms with Gasteiger partial charge in [0, 0.05) is 31.7 Å². The average molecular weight is 313 g/mol. The van der Waals surface area contributed by atoms with Gasteiger partial charge in [-0.1, -0.05) is 0 Å². The van der Waals surface area contributed by atoms with Crippen molar-refractivity contribution in [1.29, 1.82) is 0 Å². The van der Waals surface area contributed by atoms with E-state index in [9.17, 15) is 8.42 Å². The number of ether oxygens (including phenoxy) is 1. The highest BCUT2D eigenvalue weighted by atomic mass is 32.2. The maximum Gasteiger partial charge on any atom is 0.238 e. The lowest BCUT2D eigenvalue weighted by molar-refractivity contribution is 0.146. The van der Waals surface area contributed by atoms with Crippen LogP contribution in [0.25, 0.3) is 0 Å². The molecule has 1 heterocycles. The summed E-state index contributed by atoms with van der Waals surface area (Å²) in [6, 6.07) is 7.15. The molecule has 0 bridgehead atoms. The van der Waals surface area contributed by atoms with Crippen molar-refractivity contribution in [1.82, 2.24) is 10.2 Å². The number of nitrogens with two attached hydrogens (primary N) is 1. The Balaban J connectivity index is 1.81. The molecule has 1 aromatic carbocycles. The average Bonchev–Trinajstić information content (AvgIpc) is 2.37. The molecule has 0 radical (unpaired) electrons. The van der Waals surface area contributed by atoms with Crippen LogP contribution >= 0.6 is 0 Å². The van der Waals surface area contributed by atoms with Gasteiger partial charge in [-0.15, -0.1) is 0 Å². The van der Waals surface area contributed by atoms with Crippen molar-refractivity contribution in [2.24, 2.45) is 5.14 Å². The molecule has 2 rings (SSSR count). The zero-order valence-corrected chi connectivity index (χ0v) is 13.3. The number of sulfonamides is 1. The molecule has 0 aromatic heterocycles. The monoisotopic (exact) mass is 313 g/mol. The van der Waals surface area contributed by atoms with E-state index in [-0.39, 0.29) is 4.90 Å². The largest absolute Gasteiger partial charge is 0.492 e. The summed E-state index contributed by atoms with van der Waals surface area (Å²) in [4.78, 5) is 2.46. The number of nitrogens with one attached hydrogen (secondary N) is 1. The van der Waals surface area contributed by atoms with E-state index in [1.165, 1.54) is 12.1 Å². The Morgan fingerprint density at radius 1 is 1.24 bits per heavy atom. The number of rotatable bonds is 5. The molecule has 1 aliphatic rings. The number of hydrogen-bond acceptors (Lipinski definition) is 5. The van der Waals surface area contributed by atoms with E-state index in [1.807, 2.05) is 0 Å². The molecule has 0 spiro atoms. The van der Waals surface area contributed by atoms with Crippen LogP contribution in [0.5, 0.6) is 5.75 Å². The Bertz CT molecular complexity index is 549. The highest BCUT2D eigenvalue weighted by Crippen LogP contribution is 2.15. The Morgan fingerprint density at radius 3 is 2.33 bits per heavy atom. The molecule has 0 aliphatic carbocycles. The second kappa shape index (κ2) is 6.74. The van der Waals surface area contributed by atoms with E-state index < -0.39 is 10.0 Å². The number of nitrogens with zero attached hydrogens (tertiary/aromatic N) is 1. The minimum atomic E-state index is -3.64. The van der Waals surface area contributed by atoms with Gasteiger partial charge in [0.05, 0.1) is 4.90 Å². The van der Waals surface area contributed by atoms with Crippen LogP contribution in [0.4, 0.5) is 0 Å². The van der Waals surface area contributed by atoms with E-state index in [0.717, 1.165) is 19.6 Å². The highest BCUT2D eigenvalue weighted by molar-refractivity contribution is 7.89. The first-order valence-corrected chi connectivity index (χ1v) is 8.63. The lowest BCUT2D eigenvalue weighted by atomic mass is 10.1. The molecule has 1 aromatic rings. The Hall–Kier alpha value is -1.15. The normalized spacial score (nSPS) is 24.0. The third kappa shape index (κ3) is 4.96. The van der Waals surface area contributed by atoms with Crippen molar-refractivity contribution in [3.63, 3.8) is 0 Å². The van der Waals surface area contributed by atoms with Crippen LogP contribution in [0.1, 0.15) is 13.8 Å². The van der Waals surface area contributed by atoms with E-state index >= 15 is 0 Å². The van der Waals surface area contributed by atoms with Gasteiger partial charge in [0.15, 0.2) is 0 Å². The first kappa shape index (κ1) is 16.2. The van der Waals surface area contributed by atoms with Crippen LogP contribution in [0.3, 0.4) is 0 Å². The quantitative estimate of drug-likeness (QED) is 0.822. The number of benzene rings is 1. The highest BCUT2D eigenvalue weighted by Gasteiger charge is 2.20. The molecule has 0 amide bonds. The van der Waals surface area contributed by atoms with Crippen molar-refractivity contribution in [2.45, 2.75) is 30.8 Å². The van der Waals surface area contributed by atoms with E-state index in [1.54, 1.807) is 12.1 Å².